The number of pyridine rings is 1. The fraction of sp³-hybridized carbons (Fsp3) is 0.118. The molecule has 3 N–H and O–H groups in total. The average molecular weight is 340 g/mol. The summed E-state index contributed by atoms with van der Waals surface area (Å²) in [6.07, 6.45) is 2.36. The number of hydrogen-bond acceptors (Lipinski definition) is 6. The van der Waals surface area contributed by atoms with Crippen LogP contribution in [0.1, 0.15) is 27.7 Å². The van der Waals surface area contributed by atoms with Crippen molar-refractivity contribution in [1.29, 1.82) is 0 Å². The number of aliphatic hydroxyl groups is 1. The second-order valence-corrected chi connectivity index (χ2v) is 6.18. The van der Waals surface area contributed by atoms with Crippen molar-refractivity contribution in [2.45, 2.75) is 13.0 Å². The lowest BCUT2D eigenvalue weighted by Crippen LogP contribution is -2.10. The summed E-state index contributed by atoms with van der Waals surface area (Å²) < 4.78 is 0. The zero-order valence-corrected chi connectivity index (χ0v) is 13.7. The summed E-state index contributed by atoms with van der Waals surface area (Å²) in [6, 6.07) is 13.3. The molecule has 24 heavy (non-hydrogen) atoms. The number of aromatic nitrogens is 2. The Bertz CT molecular complexity index is 816. The first kappa shape index (κ1) is 16.1. The first-order valence-electron chi connectivity index (χ1n) is 7.35. The molecule has 0 aliphatic heterocycles. The molecule has 1 atom stereocenters. The van der Waals surface area contributed by atoms with E-state index in [2.05, 4.69) is 20.6 Å². The lowest BCUT2D eigenvalue weighted by atomic mass is 10.3. The highest BCUT2D eigenvalue weighted by molar-refractivity contribution is 7.13. The number of carbonyl (C=O) groups is 1. The minimum absolute atomic E-state index is 0.273. The van der Waals surface area contributed by atoms with Gasteiger partial charge in [0.05, 0.1) is 18.1 Å². The van der Waals surface area contributed by atoms with Gasteiger partial charge in [0.1, 0.15) is 21.8 Å². The van der Waals surface area contributed by atoms with Crippen LogP contribution in [0.4, 0.5) is 17.2 Å². The van der Waals surface area contributed by atoms with Gasteiger partial charge in [-0.05, 0) is 31.2 Å². The third kappa shape index (κ3) is 3.95. The maximum Gasteiger partial charge on any atom is 0.267 e. The van der Waals surface area contributed by atoms with Gasteiger partial charge in [0.15, 0.2) is 0 Å². The first-order valence-corrected chi connectivity index (χ1v) is 8.17. The number of para-hydroxylation sites is 1. The van der Waals surface area contributed by atoms with Crippen LogP contribution in [0.3, 0.4) is 0 Å². The number of rotatable bonds is 5. The summed E-state index contributed by atoms with van der Waals surface area (Å²) in [7, 11) is 0. The van der Waals surface area contributed by atoms with Crippen molar-refractivity contribution in [2.24, 2.45) is 0 Å². The van der Waals surface area contributed by atoms with E-state index in [0.29, 0.717) is 21.4 Å². The molecule has 0 saturated heterocycles. The molecular weight excluding hydrogens is 324 g/mol. The molecule has 0 radical (unpaired) electrons. The van der Waals surface area contributed by atoms with Crippen LogP contribution in [-0.4, -0.2) is 21.0 Å². The number of thiazole rings is 1. The van der Waals surface area contributed by atoms with E-state index in [1.807, 2.05) is 30.3 Å². The highest BCUT2D eigenvalue weighted by atomic mass is 32.1. The van der Waals surface area contributed by atoms with Crippen LogP contribution in [0.2, 0.25) is 0 Å². The average Bonchev–Trinajstić information content (AvgIpc) is 3.08. The molecule has 122 valence electrons. The summed E-state index contributed by atoms with van der Waals surface area (Å²) in [4.78, 5) is 20.9. The van der Waals surface area contributed by atoms with E-state index in [-0.39, 0.29) is 5.91 Å². The van der Waals surface area contributed by atoms with E-state index in [0.717, 1.165) is 5.69 Å². The predicted octanol–water partition coefficient (Wildman–Crippen LogP) is 3.59. The highest BCUT2D eigenvalue weighted by Crippen LogP contribution is 2.21. The molecule has 0 spiro atoms. The molecule has 0 aliphatic rings. The van der Waals surface area contributed by atoms with Gasteiger partial charge in [0.2, 0.25) is 0 Å². The smallest absolute Gasteiger partial charge is 0.267 e. The molecule has 0 fully saturated rings. The Morgan fingerprint density at radius 1 is 1.08 bits per heavy atom. The Labute approximate surface area is 143 Å². The molecular formula is C17H16N4O2S. The zero-order chi connectivity index (χ0) is 16.9. The number of hydrogen-bond donors (Lipinski definition) is 3. The van der Waals surface area contributed by atoms with Crippen LogP contribution in [0.15, 0.2) is 54.9 Å². The number of nitrogens with zero attached hydrogens (tertiary/aromatic N) is 2. The maximum absolute atomic E-state index is 12.2. The van der Waals surface area contributed by atoms with E-state index in [9.17, 15) is 9.90 Å². The molecule has 3 aromatic rings. The third-order valence-corrected chi connectivity index (χ3v) is 4.34. The lowest BCUT2D eigenvalue weighted by Gasteiger charge is -2.07. The van der Waals surface area contributed by atoms with Gasteiger partial charge in [0.25, 0.3) is 5.91 Å². The van der Waals surface area contributed by atoms with Crippen LogP contribution in [0, 0.1) is 0 Å². The second kappa shape index (κ2) is 7.20. The number of anilines is 3. The molecule has 2 heterocycles. The second-order valence-electron chi connectivity index (χ2n) is 5.12. The number of amides is 1. The molecule has 6 nitrogen and oxygen atoms in total. The minimum Gasteiger partial charge on any atom is -0.386 e. The van der Waals surface area contributed by atoms with Gasteiger partial charge in [-0.3, -0.25) is 4.79 Å². The highest BCUT2D eigenvalue weighted by Gasteiger charge is 2.13. The minimum atomic E-state index is -0.679. The van der Waals surface area contributed by atoms with Crippen molar-refractivity contribution in [2.75, 3.05) is 10.6 Å². The Hall–Kier alpha value is -2.77. The lowest BCUT2D eigenvalue weighted by molar-refractivity contribution is 0.103. The van der Waals surface area contributed by atoms with Crippen LogP contribution in [-0.2, 0) is 0 Å². The van der Waals surface area contributed by atoms with Crippen molar-refractivity contribution >= 4 is 34.4 Å². The van der Waals surface area contributed by atoms with Crippen molar-refractivity contribution in [1.82, 2.24) is 9.97 Å². The third-order valence-electron chi connectivity index (χ3n) is 3.17. The number of aliphatic hydroxyl groups excluding tert-OH is 1. The molecule has 1 amide bonds. The zero-order valence-electron chi connectivity index (χ0n) is 12.9. The van der Waals surface area contributed by atoms with E-state index >= 15 is 0 Å². The van der Waals surface area contributed by atoms with Gasteiger partial charge in [-0.1, -0.05) is 18.2 Å². The number of carbonyl (C=O) groups excluding carboxylic acids is 1. The standard InChI is InChI=1S/C17H16N4O2S/c1-11(22)17-19-10-14(24-17)16(23)21-13-7-8-15(18-9-13)20-12-5-3-2-4-6-12/h2-11,22H,1H3,(H,18,20)(H,21,23)/t11-/m0/s1. The van der Waals surface area contributed by atoms with Gasteiger partial charge in [-0.15, -0.1) is 11.3 Å². The number of benzene rings is 1. The Morgan fingerprint density at radius 2 is 1.88 bits per heavy atom. The van der Waals surface area contributed by atoms with Gasteiger partial charge in [-0.2, -0.15) is 0 Å². The SMILES string of the molecule is C[C@H](O)c1ncc(C(=O)Nc2ccc(Nc3ccccc3)nc2)s1. The van der Waals surface area contributed by atoms with Crippen LogP contribution in [0.5, 0.6) is 0 Å². The monoisotopic (exact) mass is 340 g/mol. The Morgan fingerprint density at radius 3 is 2.50 bits per heavy atom. The van der Waals surface area contributed by atoms with Gasteiger partial charge >= 0.3 is 0 Å². The molecule has 1 aromatic carbocycles. The van der Waals surface area contributed by atoms with E-state index in [4.69, 9.17) is 0 Å². The molecule has 0 aliphatic carbocycles. The summed E-state index contributed by atoms with van der Waals surface area (Å²) in [6.45, 7) is 1.61. The Kier molecular flexibility index (Phi) is 4.83. The topological polar surface area (TPSA) is 87.1 Å². The summed E-state index contributed by atoms with van der Waals surface area (Å²) in [5.41, 5.74) is 1.53. The van der Waals surface area contributed by atoms with Gasteiger partial charge in [-0.25, -0.2) is 9.97 Å². The Balaban J connectivity index is 1.64. The van der Waals surface area contributed by atoms with E-state index < -0.39 is 6.10 Å². The van der Waals surface area contributed by atoms with Crippen molar-refractivity contribution in [3.05, 3.63) is 64.7 Å². The number of nitrogens with one attached hydrogen (secondary N) is 2. The maximum atomic E-state index is 12.2. The van der Waals surface area contributed by atoms with Crippen molar-refractivity contribution in [3.8, 4) is 0 Å². The quantitative estimate of drug-likeness (QED) is 0.661. The van der Waals surface area contributed by atoms with Crippen LogP contribution >= 0.6 is 11.3 Å². The first-order chi connectivity index (χ1) is 11.6. The van der Waals surface area contributed by atoms with Crippen LogP contribution < -0.4 is 10.6 Å². The van der Waals surface area contributed by atoms with Gasteiger partial charge in [0, 0.05) is 5.69 Å². The van der Waals surface area contributed by atoms with Crippen LogP contribution in [0.25, 0.3) is 0 Å². The van der Waals surface area contributed by atoms with Crippen molar-refractivity contribution < 1.29 is 9.90 Å². The fourth-order valence-electron chi connectivity index (χ4n) is 1.99. The summed E-state index contributed by atoms with van der Waals surface area (Å²) in [5, 5.41) is 15.9. The fourth-order valence-corrected chi connectivity index (χ4v) is 2.74. The predicted molar refractivity (Wildman–Crippen MR) is 94.7 cm³/mol. The molecule has 0 saturated carbocycles. The van der Waals surface area contributed by atoms with Crippen molar-refractivity contribution in [3.63, 3.8) is 0 Å². The van der Waals surface area contributed by atoms with E-state index in [1.54, 1.807) is 25.3 Å². The molecule has 7 heteroatoms. The van der Waals surface area contributed by atoms with Gasteiger partial charge < -0.3 is 15.7 Å². The molecule has 0 unspecified atom stereocenters. The molecule has 2 aromatic heterocycles. The largest absolute Gasteiger partial charge is 0.386 e. The summed E-state index contributed by atoms with van der Waals surface area (Å²) in [5.74, 6) is 0.415. The molecule has 0 bridgehead atoms. The summed E-state index contributed by atoms with van der Waals surface area (Å²) >= 11 is 1.17. The van der Waals surface area contributed by atoms with E-state index in [1.165, 1.54) is 17.5 Å². The molecule has 3 rings (SSSR count). The normalized spacial score (nSPS) is 11.8.